The zero-order chi connectivity index (χ0) is 18.8. The molecular weight excluding hydrogens is 337 g/mol. The van der Waals surface area contributed by atoms with Crippen molar-refractivity contribution in [1.82, 2.24) is 19.7 Å². The van der Waals surface area contributed by atoms with Gasteiger partial charge >= 0.3 is 6.18 Å². The molecule has 1 heterocycles. The van der Waals surface area contributed by atoms with Crippen LogP contribution < -0.4 is 0 Å². The summed E-state index contributed by atoms with van der Waals surface area (Å²) in [6, 6.07) is 3.96. The standard InChI is InChI=1S/C16H19F3N4O2/c1-10(2)23-9-20-21-13(23)8-22(3)15(25)14(24)11-4-6-12(7-5-11)16(17,18)19/h4-7,9-10,14,24H,8H2,1-3H3/t14-/m1/s1. The van der Waals surface area contributed by atoms with Crippen molar-refractivity contribution in [3.63, 3.8) is 0 Å². The molecule has 0 saturated carbocycles. The lowest BCUT2D eigenvalue weighted by Crippen LogP contribution is -2.32. The van der Waals surface area contributed by atoms with Crippen LogP contribution in [0.2, 0.25) is 0 Å². The highest BCUT2D eigenvalue weighted by molar-refractivity contribution is 5.81. The summed E-state index contributed by atoms with van der Waals surface area (Å²) < 4.78 is 39.5. The van der Waals surface area contributed by atoms with E-state index in [1.807, 2.05) is 13.8 Å². The summed E-state index contributed by atoms with van der Waals surface area (Å²) in [4.78, 5) is 13.6. The second-order valence-corrected chi connectivity index (χ2v) is 5.96. The van der Waals surface area contributed by atoms with E-state index < -0.39 is 23.8 Å². The van der Waals surface area contributed by atoms with Crippen molar-refractivity contribution in [3.05, 3.63) is 47.5 Å². The Balaban J connectivity index is 2.09. The Morgan fingerprint density at radius 2 is 1.88 bits per heavy atom. The lowest BCUT2D eigenvalue weighted by molar-refractivity contribution is -0.139. The highest BCUT2D eigenvalue weighted by Gasteiger charge is 2.31. The van der Waals surface area contributed by atoms with E-state index in [2.05, 4.69) is 10.2 Å². The summed E-state index contributed by atoms with van der Waals surface area (Å²) in [6.07, 6.45) is -4.47. The molecule has 1 aromatic heterocycles. The average Bonchev–Trinajstić information content (AvgIpc) is 3.01. The predicted molar refractivity (Wildman–Crippen MR) is 83.3 cm³/mol. The van der Waals surface area contributed by atoms with E-state index in [0.29, 0.717) is 5.82 Å². The van der Waals surface area contributed by atoms with Crippen LogP contribution in [0.4, 0.5) is 13.2 Å². The number of carbonyl (C=O) groups excluding carboxylic acids is 1. The van der Waals surface area contributed by atoms with Gasteiger partial charge in [0.2, 0.25) is 0 Å². The molecule has 1 N–H and O–H groups in total. The van der Waals surface area contributed by atoms with Gasteiger partial charge in [0.05, 0.1) is 12.1 Å². The van der Waals surface area contributed by atoms with Crippen LogP contribution in [-0.4, -0.2) is 37.7 Å². The van der Waals surface area contributed by atoms with Crippen molar-refractivity contribution in [1.29, 1.82) is 0 Å². The van der Waals surface area contributed by atoms with Crippen LogP contribution in [0.5, 0.6) is 0 Å². The molecule has 0 saturated heterocycles. The highest BCUT2D eigenvalue weighted by atomic mass is 19.4. The van der Waals surface area contributed by atoms with Gasteiger partial charge in [0, 0.05) is 13.1 Å². The van der Waals surface area contributed by atoms with E-state index >= 15 is 0 Å². The van der Waals surface area contributed by atoms with E-state index in [4.69, 9.17) is 0 Å². The van der Waals surface area contributed by atoms with Crippen molar-refractivity contribution in [2.24, 2.45) is 0 Å². The quantitative estimate of drug-likeness (QED) is 0.894. The minimum absolute atomic E-state index is 0.0928. The lowest BCUT2D eigenvalue weighted by Gasteiger charge is -2.21. The normalized spacial score (nSPS) is 13.1. The van der Waals surface area contributed by atoms with E-state index in [1.165, 1.54) is 11.9 Å². The van der Waals surface area contributed by atoms with E-state index in [1.54, 1.807) is 10.9 Å². The number of hydrogen-bond donors (Lipinski definition) is 1. The molecule has 1 aromatic carbocycles. The Hall–Kier alpha value is -2.42. The summed E-state index contributed by atoms with van der Waals surface area (Å²) in [5, 5.41) is 17.9. The SMILES string of the molecule is CC(C)n1cnnc1CN(C)C(=O)[C@H](O)c1ccc(C(F)(F)F)cc1. The first kappa shape index (κ1) is 18.9. The average molecular weight is 356 g/mol. The molecule has 0 radical (unpaired) electrons. The fraction of sp³-hybridized carbons (Fsp3) is 0.438. The number of aliphatic hydroxyl groups excluding tert-OH is 1. The number of benzene rings is 1. The second-order valence-electron chi connectivity index (χ2n) is 5.96. The van der Waals surface area contributed by atoms with Gasteiger partial charge in [-0.2, -0.15) is 13.2 Å². The molecule has 0 aliphatic carbocycles. The Kier molecular flexibility index (Phi) is 5.46. The number of likely N-dealkylation sites (N-methyl/N-ethyl adjacent to an activating group) is 1. The molecule has 0 aliphatic heterocycles. The molecule has 0 unspecified atom stereocenters. The molecule has 1 amide bonds. The number of aromatic nitrogens is 3. The maximum absolute atomic E-state index is 12.6. The van der Waals surface area contributed by atoms with Crippen LogP contribution in [-0.2, 0) is 17.5 Å². The molecule has 9 heteroatoms. The Labute approximate surface area is 142 Å². The predicted octanol–water partition coefficient (Wildman–Crippen LogP) is 2.57. The van der Waals surface area contributed by atoms with E-state index in [0.717, 1.165) is 24.3 Å². The number of amides is 1. The smallest absolute Gasteiger partial charge is 0.378 e. The van der Waals surface area contributed by atoms with Crippen molar-refractivity contribution in [2.45, 2.75) is 38.7 Å². The summed E-state index contributed by atoms with van der Waals surface area (Å²) in [7, 11) is 1.48. The second kappa shape index (κ2) is 7.22. The molecule has 0 aliphatic rings. The summed E-state index contributed by atoms with van der Waals surface area (Å²) in [5.74, 6) is -0.0939. The number of aliphatic hydroxyl groups is 1. The maximum atomic E-state index is 12.6. The van der Waals surface area contributed by atoms with Gasteiger partial charge in [-0.3, -0.25) is 4.79 Å². The molecule has 2 aromatic rings. The number of halogens is 3. The van der Waals surface area contributed by atoms with Crippen molar-refractivity contribution in [2.75, 3.05) is 7.05 Å². The fourth-order valence-electron chi connectivity index (χ4n) is 2.31. The van der Waals surface area contributed by atoms with Gasteiger partial charge in [0.1, 0.15) is 6.33 Å². The fourth-order valence-corrected chi connectivity index (χ4v) is 2.31. The monoisotopic (exact) mass is 356 g/mol. The van der Waals surface area contributed by atoms with Gasteiger partial charge in [0.25, 0.3) is 5.91 Å². The Morgan fingerprint density at radius 1 is 1.28 bits per heavy atom. The minimum Gasteiger partial charge on any atom is -0.378 e. The molecule has 0 spiro atoms. The molecule has 0 bridgehead atoms. The van der Waals surface area contributed by atoms with Gasteiger partial charge in [-0.05, 0) is 31.5 Å². The topological polar surface area (TPSA) is 71.2 Å². The number of rotatable bonds is 5. The lowest BCUT2D eigenvalue weighted by atomic mass is 10.1. The van der Waals surface area contributed by atoms with Crippen LogP contribution >= 0.6 is 0 Å². The molecule has 2 rings (SSSR count). The molecular formula is C16H19F3N4O2. The third-order valence-electron chi connectivity index (χ3n) is 3.75. The molecule has 25 heavy (non-hydrogen) atoms. The van der Waals surface area contributed by atoms with Crippen LogP contribution in [0.15, 0.2) is 30.6 Å². The third-order valence-corrected chi connectivity index (χ3v) is 3.75. The Morgan fingerprint density at radius 3 is 2.40 bits per heavy atom. The van der Waals surface area contributed by atoms with Crippen LogP contribution in [0.3, 0.4) is 0 Å². The van der Waals surface area contributed by atoms with Crippen molar-refractivity contribution in [3.8, 4) is 0 Å². The number of nitrogens with zero attached hydrogens (tertiary/aromatic N) is 4. The van der Waals surface area contributed by atoms with Crippen molar-refractivity contribution >= 4 is 5.91 Å². The minimum atomic E-state index is -4.47. The zero-order valence-corrected chi connectivity index (χ0v) is 14.0. The molecule has 6 nitrogen and oxygen atoms in total. The van der Waals surface area contributed by atoms with Gasteiger partial charge in [0.15, 0.2) is 11.9 Å². The largest absolute Gasteiger partial charge is 0.416 e. The van der Waals surface area contributed by atoms with Gasteiger partial charge in [-0.15, -0.1) is 10.2 Å². The first-order chi connectivity index (χ1) is 11.6. The summed E-state index contributed by atoms with van der Waals surface area (Å²) in [6.45, 7) is 3.99. The third kappa shape index (κ3) is 4.36. The number of alkyl halides is 3. The van der Waals surface area contributed by atoms with E-state index in [-0.39, 0.29) is 18.2 Å². The number of hydrogen-bond acceptors (Lipinski definition) is 4. The first-order valence-electron chi connectivity index (χ1n) is 7.60. The van der Waals surface area contributed by atoms with E-state index in [9.17, 15) is 23.1 Å². The Bertz CT molecular complexity index is 726. The molecule has 1 atom stereocenters. The maximum Gasteiger partial charge on any atom is 0.416 e. The van der Waals surface area contributed by atoms with Gasteiger partial charge < -0.3 is 14.6 Å². The number of carbonyl (C=O) groups is 1. The first-order valence-corrected chi connectivity index (χ1v) is 7.60. The van der Waals surface area contributed by atoms with Crippen molar-refractivity contribution < 1.29 is 23.1 Å². The van der Waals surface area contributed by atoms with Crippen LogP contribution in [0.25, 0.3) is 0 Å². The zero-order valence-electron chi connectivity index (χ0n) is 14.0. The van der Waals surface area contributed by atoms with Gasteiger partial charge in [-0.25, -0.2) is 0 Å². The van der Waals surface area contributed by atoms with Crippen LogP contribution in [0.1, 0.15) is 42.9 Å². The summed E-state index contributed by atoms with van der Waals surface area (Å²) >= 11 is 0. The molecule has 136 valence electrons. The van der Waals surface area contributed by atoms with Crippen LogP contribution in [0, 0.1) is 0 Å². The van der Waals surface area contributed by atoms with Gasteiger partial charge in [-0.1, -0.05) is 12.1 Å². The molecule has 0 fully saturated rings. The summed E-state index contributed by atoms with van der Waals surface area (Å²) in [5.41, 5.74) is -0.746. The highest BCUT2D eigenvalue weighted by Crippen LogP contribution is 2.30.